The SMILES string of the molecule is COc1ccc(CCNCc2cnn(CC(F)F)c2)cc1OC. The zero-order chi connectivity index (χ0) is 16.7. The number of halogens is 2. The summed E-state index contributed by atoms with van der Waals surface area (Å²) in [5.74, 6) is 1.41. The van der Waals surface area contributed by atoms with Crippen molar-refractivity contribution in [2.24, 2.45) is 0 Å². The minimum absolute atomic E-state index is 0.369. The summed E-state index contributed by atoms with van der Waals surface area (Å²) >= 11 is 0. The lowest BCUT2D eigenvalue weighted by Gasteiger charge is -2.09. The fraction of sp³-hybridized carbons (Fsp3) is 0.438. The van der Waals surface area contributed by atoms with Crippen LogP contribution >= 0.6 is 0 Å². The summed E-state index contributed by atoms with van der Waals surface area (Å²) in [4.78, 5) is 0. The molecule has 0 atom stereocenters. The highest BCUT2D eigenvalue weighted by Gasteiger charge is 2.06. The van der Waals surface area contributed by atoms with Crippen LogP contribution in [0.2, 0.25) is 0 Å². The van der Waals surface area contributed by atoms with Gasteiger partial charge in [-0.05, 0) is 30.7 Å². The highest BCUT2D eigenvalue weighted by molar-refractivity contribution is 5.42. The number of methoxy groups -OCH3 is 2. The van der Waals surface area contributed by atoms with Crippen molar-refractivity contribution in [1.82, 2.24) is 15.1 Å². The van der Waals surface area contributed by atoms with Gasteiger partial charge in [0, 0.05) is 18.3 Å². The lowest BCUT2D eigenvalue weighted by molar-refractivity contribution is 0.122. The first kappa shape index (κ1) is 17.2. The molecule has 1 heterocycles. The quantitative estimate of drug-likeness (QED) is 0.720. The molecular weight excluding hydrogens is 304 g/mol. The van der Waals surface area contributed by atoms with Crippen molar-refractivity contribution in [2.45, 2.75) is 25.9 Å². The second-order valence-corrected chi connectivity index (χ2v) is 5.08. The predicted octanol–water partition coefficient (Wildman–Crippen LogP) is 2.50. The summed E-state index contributed by atoms with van der Waals surface area (Å²) in [6.07, 6.45) is 1.67. The Morgan fingerprint density at radius 2 is 1.96 bits per heavy atom. The van der Waals surface area contributed by atoms with Gasteiger partial charge in [-0.1, -0.05) is 6.07 Å². The second-order valence-electron chi connectivity index (χ2n) is 5.08. The van der Waals surface area contributed by atoms with Crippen molar-refractivity contribution in [1.29, 1.82) is 0 Å². The van der Waals surface area contributed by atoms with Gasteiger partial charge in [0.05, 0.1) is 20.4 Å². The molecule has 1 aromatic carbocycles. The number of ether oxygens (including phenoxy) is 2. The van der Waals surface area contributed by atoms with Crippen LogP contribution in [-0.2, 0) is 19.5 Å². The Bertz CT molecular complexity index is 617. The number of nitrogens with zero attached hydrogens (tertiary/aromatic N) is 2. The molecule has 0 fully saturated rings. The van der Waals surface area contributed by atoms with Crippen molar-refractivity contribution < 1.29 is 18.3 Å². The van der Waals surface area contributed by atoms with Gasteiger partial charge in [-0.15, -0.1) is 0 Å². The maximum atomic E-state index is 12.2. The van der Waals surface area contributed by atoms with Crippen LogP contribution in [0.1, 0.15) is 11.1 Å². The topological polar surface area (TPSA) is 48.3 Å². The fourth-order valence-electron chi connectivity index (χ4n) is 2.24. The number of hydrogen-bond acceptors (Lipinski definition) is 4. The lowest BCUT2D eigenvalue weighted by atomic mass is 10.1. The summed E-state index contributed by atoms with van der Waals surface area (Å²) in [7, 11) is 3.21. The van der Waals surface area contributed by atoms with Crippen LogP contribution in [-0.4, -0.2) is 37.0 Å². The molecule has 0 unspecified atom stereocenters. The molecule has 2 rings (SSSR count). The normalized spacial score (nSPS) is 11.0. The van der Waals surface area contributed by atoms with Crippen molar-refractivity contribution in [2.75, 3.05) is 20.8 Å². The third-order valence-electron chi connectivity index (χ3n) is 3.38. The zero-order valence-corrected chi connectivity index (χ0v) is 13.3. The molecular formula is C16H21F2N3O2. The van der Waals surface area contributed by atoms with Crippen molar-refractivity contribution in [3.63, 3.8) is 0 Å². The summed E-state index contributed by atoms with van der Waals surface area (Å²) in [6.45, 7) is 0.984. The molecule has 5 nitrogen and oxygen atoms in total. The van der Waals surface area contributed by atoms with Gasteiger partial charge in [-0.25, -0.2) is 8.78 Å². The van der Waals surface area contributed by atoms with E-state index in [9.17, 15) is 8.78 Å². The van der Waals surface area contributed by atoms with E-state index in [0.717, 1.165) is 24.1 Å². The molecule has 0 amide bonds. The Morgan fingerprint density at radius 1 is 1.17 bits per heavy atom. The van der Waals surface area contributed by atoms with Crippen LogP contribution in [0.5, 0.6) is 11.5 Å². The van der Waals surface area contributed by atoms with E-state index in [1.807, 2.05) is 18.2 Å². The smallest absolute Gasteiger partial charge is 0.257 e. The number of nitrogens with one attached hydrogen (secondary N) is 1. The Balaban J connectivity index is 1.78. The molecule has 126 valence electrons. The first-order valence-electron chi connectivity index (χ1n) is 7.33. The fourth-order valence-corrected chi connectivity index (χ4v) is 2.24. The van der Waals surface area contributed by atoms with Crippen LogP contribution in [0.4, 0.5) is 8.78 Å². The van der Waals surface area contributed by atoms with Crippen LogP contribution < -0.4 is 14.8 Å². The summed E-state index contributed by atoms with van der Waals surface area (Å²) < 4.78 is 36.2. The van der Waals surface area contributed by atoms with Gasteiger partial charge in [-0.2, -0.15) is 5.10 Å². The highest BCUT2D eigenvalue weighted by atomic mass is 19.3. The summed E-state index contributed by atoms with van der Waals surface area (Å²) in [6, 6.07) is 5.81. The molecule has 0 saturated carbocycles. The van der Waals surface area contributed by atoms with Gasteiger partial charge in [-0.3, -0.25) is 4.68 Å². The molecule has 23 heavy (non-hydrogen) atoms. The zero-order valence-electron chi connectivity index (χ0n) is 13.3. The van der Waals surface area contributed by atoms with Gasteiger partial charge >= 0.3 is 0 Å². The minimum Gasteiger partial charge on any atom is -0.493 e. The molecule has 2 aromatic rings. The third kappa shape index (κ3) is 5.21. The van der Waals surface area contributed by atoms with E-state index in [1.54, 1.807) is 26.6 Å². The Morgan fingerprint density at radius 3 is 2.65 bits per heavy atom. The largest absolute Gasteiger partial charge is 0.493 e. The number of alkyl halides is 2. The monoisotopic (exact) mass is 325 g/mol. The van der Waals surface area contributed by atoms with E-state index in [4.69, 9.17) is 9.47 Å². The Kier molecular flexibility index (Phi) is 6.34. The van der Waals surface area contributed by atoms with E-state index in [-0.39, 0.29) is 6.54 Å². The molecule has 0 aliphatic rings. The molecule has 0 aliphatic heterocycles. The van der Waals surface area contributed by atoms with E-state index in [1.165, 1.54) is 4.68 Å². The Labute approximate surface area is 134 Å². The van der Waals surface area contributed by atoms with E-state index in [0.29, 0.717) is 18.0 Å². The summed E-state index contributed by atoms with van der Waals surface area (Å²) in [5, 5.41) is 7.17. The first-order chi connectivity index (χ1) is 11.1. The van der Waals surface area contributed by atoms with Crippen LogP contribution in [0.15, 0.2) is 30.6 Å². The van der Waals surface area contributed by atoms with E-state index >= 15 is 0 Å². The van der Waals surface area contributed by atoms with Crippen LogP contribution in [0.25, 0.3) is 0 Å². The molecule has 1 N–H and O–H groups in total. The van der Waals surface area contributed by atoms with Gasteiger partial charge in [0.1, 0.15) is 6.54 Å². The molecule has 0 radical (unpaired) electrons. The second kappa shape index (κ2) is 8.47. The van der Waals surface area contributed by atoms with Gasteiger partial charge in [0.25, 0.3) is 6.43 Å². The molecule has 7 heteroatoms. The summed E-state index contributed by atoms with van der Waals surface area (Å²) in [5.41, 5.74) is 2.02. The predicted molar refractivity (Wildman–Crippen MR) is 83.2 cm³/mol. The van der Waals surface area contributed by atoms with Crippen molar-refractivity contribution in [3.05, 3.63) is 41.7 Å². The van der Waals surface area contributed by atoms with Gasteiger partial charge < -0.3 is 14.8 Å². The molecule has 0 saturated heterocycles. The number of aromatic nitrogens is 2. The standard InChI is InChI=1S/C16H21F2N3O2/c1-22-14-4-3-12(7-15(14)23-2)5-6-19-8-13-9-20-21(10-13)11-16(17)18/h3-4,7,9-10,16,19H,5-6,8,11H2,1-2H3. The number of benzene rings is 1. The van der Waals surface area contributed by atoms with Gasteiger partial charge in [0.15, 0.2) is 11.5 Å². The van der Waals surface area contributed by atoms with Gasteiger partial charge in [0.2, 0.25) is 0 Å². The van der Waals surface area contributed by atoms with Crippen molar-refractivity contribution >= 4 is 0 Å². The highest BCUT2D eigenvalue weighted by Crippen LogP contribution is 2.27. The molecule has 0 aliphatic carbocycles. The number of rotatable bonds is 9. The van der Waals surface area contributed by atoms with E-state index < -0.39 is 6.43 Å². The van der Waals surface area contributed by atoms with Crippen LogP contribution in [0, 0.1) is 0 Å². The van der Waals surface area contributed by atoms with E-state index in [2.05, 4.69) is 10.4 Å². The lowest BCUT2D eigenvalue weighted by Crippen LogP contribution is -2.16. The minimum atomic E-state index is -2.39. The average Bonchev–Trinajstić information content (AvgIpc) is 2.97. The number of hydrogen-bond donors (Lipinski definition) is 1. The average molecular weight is 325 g/mol. The molecule has 0 bridgehead atoms. The molecule has 0 spiro atoms. The maximum Gasteiger partial charge on any atom is 0.257 e. The first-order valence-corrected chi connectivity index (χ1v) is 7.33. The molecule has 1 aromatic heterocycles. The third-order valence-corrected chi connectivity index (χ3v) is 3.38. The Hall–Kier alpha value is -2.15. The maximum absolute atomic E-state index is 12.2. The van der Waals surface area contributed by atoms with Crippen LogP contribution in [0.3, 0.4) is 0 Å². The van der Waals surface area contributed by atoms with Crippen molar-refractivity contribution in [3.8, 4) is 11.5 Å².